The van der Waals surface area contributed by atoms with Gasteiger partial charge in [-0.25, -0.2) is 0 Å². The van der Waals surface area contributed by atoms with E-state index in [0.717, 1.165) is 11.9 Å². The fourth-order valence-electron chi connectivity index (χ4n) is 2.75. The van der Waals surface area contributed by atoms with Crippen LogP contribution in [0.15, 0.2) is 42.2 Å². The van der Waals surface area contributed by atoms with Crippen molar-refractivity contribution in [3.8, 4) is 0 Å². The molecule has 0 bridgehead atoms. The summed E-state index contributed by atoms with van der Waals surface area (Å²) in [6.45, 7) is 5.73. The monoisotopic (exact) mass is 341 g/mol. The Kier molecular flexibility index (Phi) is 5.73. The van der Waals surface area contributed by atoms with Crippen LogP contribution in [0.3, 0.4) is 0 Å². The van der Waals surface area contributed by atoms with Crippen LogP contribution in [0.1, 0.15) is 30.6 Å². The van der Waals surface area contributed by atoms with Crippen LogP contribution in [0, 0.1) is 0 Å². The zero-order valence-electron chi connectivity index (χ0n) is 14.6. The van der Waals surface area contributed by atoms with Gasteiger partial charge in [-0.15, -0.1) is 0 Å². The molecule has 1 aromatic carbocycles. The van der Waals surface area contributed by atoms with Crippen molar-refractivity contribution in [2.24, 2.45) is 0 Å². The molecule has 1 saturated heterocycles. The van der Waals surface area contributed by atoms with Crippen LogP contribution in [0.5, 0.6) is 0 Å². The summed E-state index contributed by atoms with van der Waals surface area (Å²) in [5.41, 5.74) is 3.24. The predicted octanol–water partition coefficient (Wildman–Crippen LogP) is 2.50. The van der Waals surface area contributed by atoms with E-state index < -0.39 is 0 Å². The third-order valence-corrected chi connectivity index (χ3v) is 4.14. The molecular weight excluding hydrogens is 318 g/mol. The highest BCUT2D eigenvalue weighted by Gasteiger charge is 2.28. The van der Waals surface area contributed by atoms with Crippen molar-refractivity contribution in [2.75, 3.05) is 19.8 Å². The van der Waals surface area contributed by atoms with Crippen molar-refractivity contribution >= 4 is 16.9 Å². The first-order chi connectivity index (χ1) is 12.1. The molecule has 25 heavy (non-hydrogen) atoms. The van der Waals surface area contributed by atoms with Crippen molar-refractivity contribution in [1.82, 2.24) is 15.3 Å². The third-order valence-electron chi connectivity index (χ3n) is 4.14. The van der Waals surface area contributed by atoms with E-state index in [-0.39, 0.29) is 18.1 Å². The fourth-order valence-corrected chi connectivity index (χ4v) is 2.75. The van der Waals surface area contributed by atoms with Crippen LogP contribution in [0.2, 0.25) is 0 Å². The Bertz CT molecular complexity index is 771. The van der Waals surface area contributed by atoms with Crippen LogP contribution >= 0.6 is 0 Å². The molecule has 2 heterocycles. The Morgan fingerprint density at radius 1 is 1.32 bits per heavy atom. The maximum absolute atomic E-state index is 12.6. The van der Waals surface area contributed by atoms with Gasteiger partial charge in [0.2, 0.25) is 0 Å². The summed E-state index contributed by atoms with van der Waals surface area (Å²) in [7, 11) is 0. The molecule has 132 valence electrons. The second kappa shape index (κ2) is 8.18. The van der Waals surface area contributed by atoms with Crippen LogP contribution in [-0.4, -0.2) is 47.8 Å². The second-order valence-corrected chi connectivity index (χ2v) is 6.36. The van der Waals surface area contributed by atoms with Gasteiger partial charge in [0, 0.05) is 24.6 Å². The van der Waals surface area contributed by atoms with Crippen molar-refractivity contribution in [3.05, 3.63) is 47.8 Å². The number of ether oxygens (including phenoxy) is 2. The lowest BCUT2D eigenvalue weighted by atomic mass is 10.1. The number of allylic oxidation sites excluding steroid dienone is 1. The Morgan fingerprint density at radius 2 is 2.12 bits per heavy atom. The Hall–Kier alpha value is -2.31. The van der Waals surface area contributed by atoms with E-state index in [1.807, 2.05) is 19.9 Å². The summed E-state index contributed by atoms with van der Waals surface area (Å²) in [5, 5.41) is 3.03. The molecule has 1 aromatic heterocycles. The van der Waals surface area contributed by atoms with Crippen LogP contribution < -0.4 is 5.32 Å². The number of fused-ring (bicyclic) bond motifs is 1. The summed E-state index contributed by atoms with van der Waals surface area (Å²) >= 11 is 0. The molecule has 0 spiro atoms. The molecule has 1 N–H and O–H groups in total. The molecule has 1 aliphatic rings. The molecule has 0 unspecified atom stereocenters. The molecule has 2 aromatic rings. The number of hydrogen-bond acceptors (Lipinski definition) is 5. The van der Waals surface area contributed by atoms with Crippen molar-refractivity contribution in [3.63, 3.8) is 0 Å². The van der Waals surface area contributed by atoms with E-state index in [2.05, 4.69) is 15.3 Å². The van der Waals surface area contributed by atoms with Crippen molar-refractivity contribution < 1.29 is 14.3 Å². The maximum atomic E-state index is 12.6. The van der Waals surface area contributed by atoms with Gasteiger partial charge in [0.15, 0.2) is 0 Å². The molecule has 0 saturated carbocycles. The molecule has 2 atom stereocenters. The summed E-state index contributed by atoms with van der Waals surface area (Å²) in [6, 6.07) is 5.15. The molecule has 6 nitrogen and oxygen atoms in total. The minimum absolute atomic E-state index is 0.0476. The van der Waals surface area contributed by atoms with Gasteiger partial charge >= 0.3 is 0 Å². The number of carbonyl (C=O) groups excluding carboxylic acids is 1. The largest absolute Gasteiger partial charge is 0.379 e. The number of nitrogens with zero attached hydrogens (tertiary/aromatic N) is 2. The highest BCUT2D eigenvalue weighted by Crippen LogP contribution is 2.15. The number of nitrogens with one attached hydrogen (secondary N) is 1. The van der Waals surface area contributed by atoms with E-state index in [4.69, 9.17) is 9.47 Å². The van der Waals surface area contributed by atoms with E-state index in [1.165, 1.54) is 5.57 Å². The van der Waals surface area contributed by atoms with Crippen LogP contribution in [-0.2, 0) is 9.47 Å². The number of benzene rings is 1. The normalized spacial score (nSPS) is 20.2. The minimum atomic E-state index is -0.163. The summed E-state index contributed by atoms with van der Waals surface area (Å²) in [4.78, 5) is 21.1. The van der Waals surface area contributed by atoms with Gasteiger partial charge < -0.3 is 14.8 Å². The smallest absolute Gasteiger partial charge is 0.251 e. The van der Waals surface area contributed by atoms with Gasteiger partial charge in [-0.2, -0.15) is 0 Å². The lowest BCUT2D eigenvalue weighted by Crippen LogP contribution is -2.50. The lowest BCUT2D eigenvalue weighted by Gasteiger charge is -2.31. The van der Waals surface area contributed by atoms with E-state index in [0.29, 0.717) is 30.9 Å². The molecule has 3 rings (SSSR count). The van der Waals surface area contributed by atoms with E-state index >= 15 is 0 Å². The first-order valence-corrected chi connectivity index (χ1v) is 8.48. The topological polar surface area (TPSA) is 73.3 Å². The standard InChI is InChI=1S/C19H23N3O3/c1-13(2)5-10-25-18-6-9-24-12-17(18)22-19(23)14-3-4-15-16(11-14)21-8-7-20-15/h3-5,7-8,11,17-18H,6,9-10,12H2,1-2H3,(H,22,23)/t17-,18+/m0/s1. The van der Waals surface area contributed by atoms with Gasteiger partial charge in [0.05, 0.1) is 36.4 Å². The number of rotatable bonds is 5. The molecule has 1 amide bonds. The summed E-state index contributed by atoms with van der Waals surface area (Å²) < 4.78 is 11.4. The highest BCUT2D eigenvalue weighted by atomic mass is 16.5. The second-order valence-electron chi connectivity index (χ2n) is 6.36. The average molecular weight is 341 g/mol. The minimum Gasteiger partial charge on any atom is -0.379 e. The number of hydrogen-bond donors (Lipinski definition) is 1. The van der Waals surface area contributed by atoms with Crippen LogP contribution in [0.4, 0.5) is 0 Å². The van der Waals surface area contributed by atoms with E-state index in [9.17, 15) is 4.79 Å². The van der Waals surface area contributed by atoms with Gasteiger partial charge in [-0.1, -0.05) is 11.6 Å². The SMILES string of the molecule is CC(C)=CCO[C@@H]1CCOC[C@@H]1NC(=O)c1ccc2nccnc2c1. The van der Waals surface area contributed by atoms with E-state index in [1.54, 1.807) is 30.6 Å². The fraction of sp³-hybridized carbons (Fsp3) is 0.421. The van der Waals surface area contributed by atoms with Gasteiger partial charge in [0.1, 0.15) is 0 Å². The Morgan fingerprint density at radius 3 is 2.92 bits per heavy atom. The van der Waals surface area contributed by atoms with Crippen molar-refractivity contribution in [2.45, 2.75) is 32.4 Å². The highest BCUT2D eigenvalue weighted by molar-refractivity contribution is 5.97. The van der Waals surface area contributed by atoms with Gasteiger partial charge in [-0.3, -0.25) is 14.8 Å². The lowest BCUT2D eigenvalue weighted by molar-refractivity contribution is -0.0457. The zero-order valence-corrected chi connectivity index (χ0v) is 14.6. The molecule has 1 aliphatic heterocycles. The zero-order chi connectivity index (χ0) is 17.6. The molecular formula is C19H23N3O3. The number of aromatic nitrogens is 2. The first-order valence-electron chi connectivity index (χ1n) is 8.48. The van der Waals surface area contributed by atoms with Gasteiger partial charge in [-0.05, 0) is 38.5 Å². The summed E-state index contributed by atoms with van der Waals surface area (Å²) in [6.07, 6.45) is 6.01. The Balaban J connectivity index is 1.67. The Labute approximate surface area is 147 Å². The molecule has 1 fully saturated rings. The number of carbonyl (C=O) groups is 1. The average Bonchev–Trinajstić information content (AvgIpc) is 2.62. The quantitative estimate of drug-likeness (QED) is 0.846. The maximum Gasteiger partial charge on any atom is 0.251 e. The molecule has 0 aliphatic carbocycles. The van der Waals surface area contributed by atoms with Crippen molar-refractivity contribution in [1.29, 1.82) is 0 Å². The first kappa shape index (κ1) is 17.5. The van der Waals surface area contributed by atoms with Crippen LogP contribution in [0.25, 0.3) is 11.0 Å². The summed E-state index contributed by atoms with van der Waals surface area (Å²) in [5.74, 6) is -0.154. The molecule has 6 heteroatoms. The number of amides is 1. The third kappa shape index (κ3) is 4.61. The predicted molar refractivity (Wildman–Crippen MR) is 95.4 cm³/mol. The molecule has 0 radical (unpaired) electrons. The van der Waals surface area contributed by atoms with Gasteiger partial charge in [0.25, 0.3) is 5.91 Å².